The van der Waals surface area contributed by atoms with Gasteiger partial charge in [0.05, 0.1) is 0 Å². The molecule has 0 saturated carbocycles. The quantitative estimate of drug-likeness (QED) is 0.721. The summed E-state index contributed by atoms with van der Waals surface area (Å²) in [6.45, 7) is 4.88. The Morgan fingerprint density at radius 2 is 2.00 bits per heavy atom. The normalized spacial score (nSPS) is 10.2. The molecule has 1 aromatic rings. The zero-order chi connectivity index (χ0) is 15.7. The molecule has 1 rings (SSSR count). The van der Waals surface area contributed by atoms with E-state index < -0.39 is 0 Å². The summed E-state index contributed by atoms with van der Waals surface area (Å²) < 4.78 is 0.922. The number of nitrogens with one attached hydrogen (secondary N) is 1. The fraction of sp³-hybridized carbons (Fsp3) is 0.500. The number of nitrogens with zero attached hydrogens (tertiary/aromatic N) is 1. The molecule has 2 amide bonds. The van der Waals surface area contributed by atoms with Crippen molar-refractivity contribution in [3.05, 3.63) is 28.7 Å². The SMILES string of the molecule is CCCCCN(CCC(=O)Nc1cccc(Br)c1)C(C)=O. The second kappa shape index (κ2) is 9.55. The van der Waals surface area contributed by atoms with Crippen molar-refractivity contribution in [3.8, 4) is 0 Å². The van der Waals surface area contributed by atoms with Crippen LogP contribution in [0.5, 0.6) is 0 Å². The Labute approximate surface area is 135 Å². The van der Waals surface area contributed by atoms with E-state index in [1.54, 1.807) is 11.8 Å². The summed E-state index contributed by atoms with van der Waals surface area (Å²) in [4.78, 5) is 25.2. The van der Waals surface area contributed by atoms with Crippen molar-refractivity contribution in [1.29, 1.82) is 0 Å². The highest BCUT2D eigenvalue weighted by Crippen LogP contribution is 2.15. The molecule has 0 spiro atoms. The molecular formula is C16H23BrN2O2. The van der Waals surface area contributed by atoms with Crippen LogP contribution in [0.3, 0.4) is 0 Å². The molecule has 0 aromatic heterocycles. The van der Waals surface area contributed by atoms with Crippen molar-refractivity contribution in [3.63, 3.8) is 0 Å². The number of amides is 2. The van der Waals surface area contributed by atoms with Crippen molar-refractivity contribution in [1.82, 2.24) is 4.90 Å². The van der Waals surface area contributed by atoms with Crippen molar-refractivity contribution in [2.75, 3.05) is 18.4 Å². The summed E-state index contributed by atoms with van der Waals surface area (Å²) >= 11 is 3.36. The molecule has 0 fully saturated rings. The first kappa shape index (κ1) is 17.7. The average Bonchev–Trinajstić information content (AvgIpc) is 2.42. The van der Waals surface area contributed by atoms with Crippen LogP contribution >= 0.6 is 15.9 Å². The van der Waals surface area contributed by atoms with Gasteiger partial charge in [-0.05, 0) is 24.6 Å². The van der Waals surface area contributed by atoms with Crippen LogP contribution in [0.1, 0.15) is 39.5 Å². The number of hydrogen-bond acceptors (Lipinski definition) is 2. The first-order valence-corrected chi connectivity index (χ1v) is 8.13. The lowest BCUT2D eigenvalue weighted by atomic mass is 10.2. The number of halogens is 1. The highest BCUT2D eigenvalue weighted by atomic mass is 79.9. The Kier molecular flexibility index (Phi) is 8.05. The Balaban J connectivity index is 2.40. The van der Waals surface area contributed by atoms with Gasteiger partial charge in [0.25, 0.3) is 0 Å². The lowest BCUT2D eigenvalue weighted by Crippen LogP contribution is -2.32. The molecule has 4 nitrogen and oxygen atoms in total. The van der Waals surface area contributed by atoms with E-state index in [-0.39, 0.29) is 11.8 Å². The highest BCUT2D eigenvalue weighted by molar-refractivity contribution is 9.10. The number of rotatable bonds is 8. The van der Waals surface area contributed by atoms with Gasteiger partial charge in [0.15, 0.2) is 0 Å². The number of hydrogen-bond donors (Lipinski definition) is 1. The van der Waals surface area contributed by atoms with E-state index in [0.717, 1.165) is 36.0 Å². The highest BCUT2D eigenvalue weighted by Gasteiger charge is 2.11. The first-order chi connectivity index (χ1) is 10.0. The van der Waals surface area contributed by atoms with Gasteiger partial charge < -0.3 is 10.2 Å². The molecule has 0 aliphatic rings. The van der Waals surface area contributed by atoms with Crippen LogP contribution in [0, 0.1) is 0 Å². The number of anilines is 1. The summed E-state index contributed by atoms with van der Waals surface area (Å²) in [6, 6.07) is 7.46. The van der Waals surface area contributed by atoms with Crippen molar-refractivity contribution in [2.24, 2.45) is 0 Å². The number of carbonyl (C=O) groups excluding carboxylic acids is 2. The van der Waals surface area contributed by atoms with E-state index in [1.807, 2.05) is 24.3 Å². The molecule has 0 unspecified atom stereocenters. The zero-order valence-electron chi connectivity index (χ0n) is 12.7. The van der Waals surface area contributed by atoms with E-state index in [0.29, 0.717) is 13.0 Å². The third-order valence-electron chi connectivity index (χ3n) is 3.19. The van der Waals surface area contributed by atoms with Gasteiger partial charge in [0.1, 0.15) is 0 Å². The van der Waals surface area contributed by atoms with Crippen molar-refractivity contribution < 1.29 is 9.59 Å². The molecule has 116 valence electrons. The minimum absolute atomic E-state index is 0.0290. The average molecular weight is 355 g/mol. The largest absolute Gasteiger partial charge is 0.342 e. The summed E-state index contributed by atoms with van der Waals surface area (Å²) in [5.74, 6) is -0.0452. The molecule has 0 heterocycles. The number of benzene rings is 1. The van der Waals surface area contributed by atoms with Crippen molar-refractivity contribution >= 4 is 33.4 Å². The summed E-state index contributed by atoms with van der Waals surface area (Å²) in [6.07, 6.45) is 3.53. The van der Waals surface area contributed by atoms with E-state index in [4.69, 9.17) is 0 Å². The maximum Gasteiger partial charge on any atom is 0.226 e. The fourth-order valence-electron chi connectivity index (χ4n) is 2.01. The predicted molar refractivity (Wildman–Crippen MR) is 89.2 cm³/mol. The molecule has 0 atom stereocenters. The molecule has 0 aliphatic heterocycles. The molecule has 1 aromatic carbocycles. The van der Waals surface area contributed by atoms with Gasteiger partial charge in [-0.15, -0.1) is 0 Å². The molecule has 21 heavy (non-hydrogen) atoms. The van der Waals surface area contributed by atoms with Gasteiger partial charge in [-0.2, -0.15) is 0 Å². The van der Waals surface area contributed by atoms with Crippen LogP contribution in [0.2, 0.25) is 0 Å². The van der Waals surface area contributed by atoms with Crippen LogP contribution in [0.25, 0.3) is 0 Å². The molecule has 0 aliphatic carbocycles. The van der Waals surface area contributed by atoms with E-state index in [2.05, 4.69) is 28.2 Å². The van der Waals surface area contributed by atoms with Gasteiger partial charge in [0, 0.05) is 36.6 Å². The molecule has 0 saturated heterocycles. The summed E-state index contributed by atoms with van der Waals surface area (Å²) in [5.41, 5.74) is 0.759. The maximum atomic E-state index is 11.9. The molecule has 5 heteroatoms. The second-order valence-corrected chi connectivity index (χ2v) is 5.94. The lowest BCUT2D eigenvalue weighted by molar-refractivity contribution is -0.129. The number of carbonyl (C=O) groups is 2. The van der Waals surface area contributed by atoms with Gasteiger partial charge in [-0.25, -0.2) is 0 Å². The maximum absolute atomic E-state index is 11.9. The lowest BCUT2D eigenvalue weighted by Gasteiger charge is -2.20. The summed E-state index contributed by atoms with van der Waals surface area (Å²) in [7, 11) is 0. The van der Waals surface area contributed by atoms with Crippen LogP contribution < -0.4 is 5.32 Å². The third-order valence-corrected chi connectivity index (χ3v) is 3.69. The predicted octanol–water partition coefficient (Wildman–Crippen LogP) is 3.82. The molecular weight excluding hydrogens is 332 g/mol. The standard InChI is InChI=1S/C16H23BrN2O2/c1-3-4-5-10-19(13(2)20)11-9-16(21)18-15-8-6-7-14(17)12-15/h6-8,12H,3-5,9-11H2,1-2H3,(H,18,21). The Morgan fingerprint density at radius 3 is 2.62 bits per heavy atom. The van der Waals surface area contributed by atoms with Crippen LogP contribution in [-0.2, 0) is 9.59 Å². The molecule has 0 radical (unpaired) electrons. The first-order valence-electron chi connectivity index (χ1n) is 7.34. The fourth-order valence-corrected chi connectivity index (χ4v) is 2.40. The van der Waals surface area contributed by atoms with Gasteiger partial charge >= 0.3 is 0 Å². The zero-order valence-corrected chi connectivity index (χ0v) is 14.3. The smallest absolute Gasteiger partial charge is 0.226 e. The number of unbranched alkanes of at least 4 members (excludes halogenated alkanes) is 2. The van der Waals surface area contributed by atoms with E-state index in [1.165, 1.54) is 0 Å². The van der Waals surface area contributed by atoms with E-state index >= 15 is 0 Å². The Bertz CT molecular complexity index is 477. The Hall–Kier alpha value is -1.36. The second-order valence-electron chi connectivity index (χ2n) is 5.02. The topological polar surface area (TPSA) is 49.4 Å². The van der Waals surface area contributed by atoms with Gasteiger partial charge in [-0.3, -0.25) is 9.59 Å². The van der Waals surface area contributed by atoms with Gasteiger partial charge in [-0.1, -0.05) is 41.8 Å². The van der Waals surface area contributed by atoms with Crippen LogP contribution in [-0.4, -0.2) is 29.8 Å². The van der Waals surface area contributed by atoms with Crippen LogP contribution in [0.4, 0.5) is 5.69 Å². The summed E-state index contributed by atoms with van der Waals surface area (Å²) in [5, 5.41) is 2.84. The minimum atomic E-state index is -0.0742. The minimum Gasteiger partial charge on any atom is -0.342 e. The van der Waals surface area contributed by atoms with Crippen LogP contribution in [0.15, 0.2) is 28.7 Å². The monoisotopic (exact) mass is 354 g/mol. The van der Waals surface area contributed by atoms with Crippen molar-refractivity contribution in [2.45, 2.75) is 39.5 Å². The third kappa shape index (κ3) is 7.27. The Morgan fingerprint density at radius 1 is 1.24 bits per heavy atom. The van der Waals surface area contributed by atoms with Gasteiger partial charge in [0.2, 0.25) is 11.8 Å². The molecule has 1 N–H and O–H groups in total. The molecule has 0 bridgehead atoms. The van der Waals surface area contributed by atoms with E-state index in [9.17, 15) is 9.59 Å².